The SMILES string of the molecule is CCOC(=O)C12C[C@@H]1/C=C\CCCCC[C@H](NC(=O)OC(C)(C)C)C(=O)N1CCC[C@H]1C(=O)N2. The topological polar surface area (TPSA) is 114 Å². The van der Waals surface area contributed by atoms with Crippen LogP contribution in [0.15, 0.2) is 12.2 Å². The zero-order valence-corrected chi connectivity index (χ0v) is 20.9. The summed E-state index contributed by atoms with van der Waals surface area (Å²) < 4.78 is 10.6. The third-order valence-corrected chi connectivity index (χ3v) is 6.56. The van der Waals surface area contributed by atoms with E-state index < -0.39 is 35.3 Å². The summed E-state index contributed by atoms with van der Waals surface area (Å²) in [5.74, 6) is -1.16. The lowest BCUT2D eigenvalue weighted by molar-refractivity contribution is -0.150. The highest BCUT2D eigenvalue weighted by Gasteiger charge is 2.62. The molecular weight excluding hydrogens is 438 g/mol. The molecule has 0 spiro atoms. The monoisotopic (exact) mass is 477 g/mol. The maximum absolute atomic E-state index is 13.5. The van der Waals surface area contributed by atoms with E-state index in [0.29, 0.717) is 32.2 Å². The molecule has 3 amide bonds. The van der Waals surface area contributed by atoms with Gasteiger partial charge >= 0.3 is 12.1 Å². The van der Waals surface area contributed by atoms with E-state index in [1.54, 1.807) is 32.6 Å². The highest BCUT2D eigenvalue weighted by atomic mass is 16.6. The highest BCUT2D eigenvalue weighted by Crippen LogP contribution is 2.46. The van der Waals surface area contributed by atoms with Crippen LogP contribution in [-0.4, -0.2) is 65.2 Å². The molecule has 2 N–H and O–H groups in total. The summed E-state index contributed by atoms with van der Waals surface area (Å²) in [6.07, 6.45) is 9.02. The molecule has 1 saturated heterocycles. The van der Waals surface area contributed by atoms with Gasteiger partial charge in [-0.25, -0.2) is 9.59 Å². The van der Waals surface area contributed by atoms with Crippen LogP contribution in [0.2, 0.25) is 0 Å². The maximum atomic E-state index is 13.5. The quantitative estimate of drug-likeness (QED) is 0.477. The van der Waals surface area contributed by atoms with E-state index in [1.807, 2.05) is 6.08 Å². The van der Waals surface area contributed by atoms with Crippen LogP contribution >= 0.6 is 0 Å². The van der Waals surface area contributed by atoms with Gasteiger partial charge in [0.15, 0.2) is 0 Å². The van der Waals surface area contributed by atoms with E-state index >= 15 is 0 Å². The van der Waals surface area contributed by atoms with Crippen molar-refractivity contribution >= 4 is 23.9 Å². The van der Waals surface area contributed by atoms with Crippen LogP contribution in [0.3, 0.4) is 0 Å². The van der Waals surface area contributed by atoms with Gasteiger partial charge in [-0.05, 0) is 66.2 Å². The highest BCUT2D eigenvalue weighted by molar-refractivity contribution is 5.96. The van der Waals surface area contributed by atoms with Crippen LogP contribution in [0.1, 0.15) is 79.1 Å². The van der Waals surface area contributed by atoms with E-state index in [2.05, 4.69) is 16.7 Å². The van der Waals surface area contributed by atoms with Crippen molar-refractivity contribution in [1.82, 2.24) is 15.5 Å². The predicted octanol–water partition coefficient (Wildman–Crippen LogP) is 2.83. The van der Waals surface area contributed by atoms with Crippen LogP contribution < -0.4 is 10.6 Å². The summed E-state index contributed by atoms with van der Waals surface area (Å²) in [7, 11) is 0. The number of ether oxygens (including phenoxy) is 2. The van der Waals surface area contributed by atoms with Crippen molar-refractivity contribution in [3.8, 4) is 0 Å². The van der Waals surface area contributed by atoms with Crippen LogP contribution in [0, 0.1) is 5.92 Å². The Kier molecular flexibility index (Phi) is 8.25. The summed E-state index contributed by atoms with van der Waals surface area (Å²) >= 11 is 0. The first-order chi connectivity index (χ1) is 16.1. The number of hydrogen-bond donors (Lipinski definition) is 2. The Morgan fingerprint density at radius 1 is 1.18 bits per heavy atom. The predicted molar refractivity (Wildman–Crippen MR) is 126 cm³/mol. The van der Waals surface area contributed by atoms with Gasteiger partial charge in [0.2, 0.25) is 11.8 Å². The van der Waals surface area contributed by atoms with Gasteiger partial charge < -0.3 is 25.0 Å². The van der Waals surface area contributed by atoms with Gasteiger partial charge in [0.1, 0.15) is 23.2 Å². The fourth-order valence-electron chi connectivity index (χ4n) is 4.77. The molecule has 3 rings (SSSR count). The first kappa shape index (κ1) is 26.0. The normalized spacial score (nSPS) is 31.2. The Morgan fingerprint density at radius 2 is 1.94 bits per heavy atom. The van der Waals surface area contributed by atoms with Gasteiger partial charge in [0, 0.05) is 12.5 Å². The molecule has 9 nitrogen and oxygen atoms in total. The molecule has 2 fully saturated rings. The lowest BCUT2D eigenvalue weighted by atomic mass is 10.0. The number of alkyl carbamates (subject to hydrolysis) is 1. The Hall–Kier alpha value is -2.58. The van der Waals surface area contributed by atoms with Crippen molar-refractivity contribution in [3.05, 3.63) is 12.2 Å². The molecule has 190 valence electrons. The van der Waals surface area contributed by atoms with Gasteiger partial charge in [-0.3, -0.25) is 9.59 Å². The minimum absolute atomic E-state index is 0.104. The lowest BCUT2D eigenvalue weighted by Crippen LogP contribution is -2.56. The second-order valence-corrected chi connectivity index (χ2v) is 10.4. The number of carbonyl (C=O) groups is 4. The third kappa shape index (κ3) is 6.30. The Morgan fingerprint density at radius 3 is 2.65 bits per heavy atom. The van der Waals surface area contributed by atoms with Crippen LogP contribution in [-0.2, 0) is 23.9 Å². The van der Waals surface area contributed by atoms with Gasteiger partial charge in [0.25, 0.3) is 0 Å². The Labute approximate surface area is 202 Å². The molecule has 2 heterocycles. The zero-order chi connectivity index (χ0) is 24.9. The number of amides is 3. The average molecular weight is 478 g/mol. The molecule has 3 aliphatic rings. The van der Waals surface area contributed by atoms with Crippen molar-refractivity contribution in [1.29, 1.82) is 0 Å². The Bertz CT molecular complexity index is 820. The first-order valence-corrected chi connectivity index (χ1v) is 12.5. The molecule has 1 saturated carbocycles. The second kappa shape index (κ2) is 10.8. The summed E-state index contributed by atoms with van der Waals surface area (Å²) in [6, 6.07) is -1.45. The van der Waals surface area contributed by atoms with Crippen LogP contribution in [0.25, 0.3) is 0 Å². The number of nitrogens with one attached hydrogen (secondary N) is 2. The van der Waals surface area contributed by atoms with Gasteiger partial charge in [-0.15, -0.1) is 0 Å². The van der Waals surface area contributed by atoms with E-state index in [1.165, 1.54) is 0 Å². The first-order valence-electron chi connectivity index (χ1n) is 12.5. The van der Waals surface area contributed by atoms with Gasteiger partial charge in [-0.2, -0.15) is 0 Å². The van der Waals surface area contributed by atoms with E-state index in [0.717, 1.165) is 25.7 Å². The van der Waals surface area contributed by atoms with Gasteiger partial charge in [0.05, 0.1) is 6.61 Å². The summed E-state index contributed by atoms with van der Waals surface area (Å²) in [6.45, 7) is 7.71. The number of fused-ring (bicyclic) bond motifs is 2. The molecular formula is C25H39N3O6. The largest absolute Gasteiger partial charge is 0.464 e. The average Bonchev–Trinajstić information content (AvgIpc) is 3.21. The minimum atomic E-state index is -1.06. The number of rotatable bonds is 3. The van der Waals surface area contributed by atoms with Crippen molar-refractivity contribution in [2.75, 3.05) is 13.2 Å². The molecule has 2 aliphatic heterocycles. The smallest absolute Gasteiger partial charge is 0.408 e. The lowest BCUT2D eigenvalue weighted by Gasteiger charge is -2.30. The number of nitrogens with zero attached hydrogens (tertiary/aromatic N) is 1. The number of carbonyl (C=O) groups excluding carboxylic acids is 4. The van der Waals surface area contributed by atoms with E-state index in [9.17, 15) is 19.2 Å². The van der Waals surface area contributed by atoms with Crippen molar-refractivity contribution in [3.63, 3.8) is 0 Å². The molecule has 4 atom stereocenters. The van der Waals surface area contributed by atoms with E-state index in [-0.39, 0.29) is 24.3 Å². The molecule has 34 heavy (non-hydrogen) atoms. The second-order valence-electron chi connectivity index (χ2n) is 10.4. The van der Waals surface area contributed by atoms with Crippen LogP contribution in [0.4, 0.5) is 4.79 Å². The number of hydrogen-bond acceptors (Lipinski definition) is 6. The van der Waals surface area contributed by atoms with Crippen molar-refractivity contribution in [2.45, 2.75) is 102 Å². The summed E-state index contributed by atoms with van der Waals surface area (Å²) in [5.41, 5.74) is -1.74. The number of allylic oxidation sites excluding steroid dienone is 1. The molecule has 1 aliphatic carbocycles. The molecule has 0 radical (unpaired) electrons. The number of esters is 1. The Balaban J connectivity index is 1.81. The molecule has 0 bridgehead atoms. The molecule has 0 aromatic rings. The summed E-state index contributed by atoms with van der Waals surface area (Å²) in [4.78, 5) is 53.5. The van der Waals surface area contributed by atoms with Crippen molar-refractivity contribution in [2.24, 2.45) is 5.92 Å². The zero-order valence-electron chi connectivity index (χ0n) is 20.9. The van der Waals surface area contributed by atoms with Gasteiger partial charge in [-0.1, -0.05) is 25.0 Å². The molecule has 9 heteroatoms. The molecule has 1 unspecified atom stereocenters. The fraction of sp³-hybridized carbons (Fsp3) is 0.760. The minimum Gasteiger partial charge on any atom is -0.464 e. The van der Waals surface area contributed by atoms with Crippen LogP contribution in [0.5, 0.6) is 0 Å². The maximum Gasteiger partial charge on any atom is 0.408 e. The third-order valence-electron chi connectivity index (χ3n) is 6.56. The van der Waals surface area contributed by atoms with Crippen molar-refractivity contribution < 1.29 is 28.7 Å². The molecule has 0 aromatic carbocycles. The molecule has 0 aromatic heterocycles. The van der Waals surface area contributed by atoms with E-state index in [4.69, 9.17) is 9.47 Å². The summed E-state index contributed by atoms with van der Waals surface area (Å²) in [5, 5.41) is 5.66. The standard InChI is InChI=1S/C25H39N3O6/c1-5-33-22(31)25-16-17(25)12-9-7-6-8-10-13-18(26-23(32)34-24(2,3)4)21(30)28-15-11-14-19(28)20(29)27-25/h9,12,17-19H,5-8,10-11,13-16H2,1-4H3,(H,26,32)(H,27,29)/b12-9-/t17-,18-,19-,25?/m0/s1. The fourth-order valence-corrected chi connectivity index (χ4v) is 4.77.